The summed E-state index contributed by atoms with van der Waals surface area (Å²) in [7, 11) is 0. The molecule has 28 heavy (non-hydrogen) atoms. The third-order valence-corrected chi connectivity index (χ3v) is 3.79. The minimum Gasteiger partial charge on any atom is -0.480 e. The zero-order valence-corrected chi connectivity index (χ0v) is 15.0. The lowest BCUT2D eigenvalue weighted by Gasteiger charge is -2.06. The first-order valence-corrected chi connectivity index (χ1v) is 8.45. The molecule has 0 unspecified atom stereocenters. The second kappa shape index (κ2) is 8.16. The number of carboxylic acid groups (broad SMARTS) is 1. The van der Waals surface area contributed by atoms with Gasteiger partial charge in [0.2, 0.25) is 0 Å². The van der Waals surface area contributed by atoms with Gasteiger partial charge in [0.1, 0.15) is 6.54 Å². The molecule has 10 nitrogen and oxygen atoms in total. The van der Waals surface area contributed by atoms with E-state index in [0.29, 0.717) is 23.6 Å². The molecule has 3 rings (SSSR count). The van der Waals surface area contributed by atoms with Crippen LogP contribution in [0.4, 0.5) is 11.4 Å². The van der Waals surface area contributed by atoms with Crippen LogP contribution in [0.2, 0.25) is 0 Å². The van der Waals surface area contributed by atoms with Gasteiger partial charge in [-0.15, -0.1) is 0 Å². The minimum absolute atomic E-state index is 0.241. The maximum absolute atomic E-state index is 12.2. The Morgan fingerprint density at radius 1 is 1.00 bits per heavy atom. The summed E-state index contributed by atoms with van der Waals surface area (Å²) in [6.07, 6.45) is 4.38. The van der Waals surface area contributed by atoms with Crippen molar-refractivity contribution in [3.05, 3.63) is 60.2 Å². The van der Waals surface area contributed by atoms with Gasteiger partial charge in [0.05, 0.1) is 11.8 Å². The summed E-state index contributed by atoms with van der Waals surface area (Å²) in [4.78, 5) is 35.0. The Hall–Kier alpha value is -3.95. The van der Waals surface area contributed by atoms with E-state index in [2.05, 4.69) is 20.8 Å². The molecule has 2 heterocycles. The van der Waals surface area contributed by atoms with Gasteiger partial charge >= 0.3 is 5.97 Å². The SMILES string of the molecule is CCn1ccc(C(=O)Nc2ccc(NC(=O)c3cnn(CC(=O)O)c3)cc2)n1. The van der Waals surface area contributed by atoms with E-state index in [9.17, 15) is 14.4 Å². The van der Waals surface area contributed by atoms with E-state index in [4.69, 9.17) is 5.11 Å². The van der Waals surface area contributed by atoms with Crippen LogP contribution < -0.4 is 10.6 Å². The van der Waals surface area contributed by atoms with Crippen molar-refractivity contribution < 1.29 is 19.5 Å². The first kappa shape index (κ1) is 18.8. The molecule has 0 fully saturated rings. The average Bonchev–Trinajstić information content (AvgIpc) is 3.32. The number of aromatic nitrogens is 4. The van der Waals surface area contributed by atoms with Crippen molar-refractivity contribution in [2.45, 2.75) is 20.0 Å². The smallest absolute Gasteiger partial charge is 0.325 e. The molecule has 0 aliphatic heterocycles. The number of carbonyl (C=O) groups is 3. The van der Waals surface area contributed by atoms with Crippen molar-refractivity contribution >= 4 is 29.2 Å². The zero-order valence-electron chi connectivity index (χ0n) is 15.0. The Kier molecular flexibility index (Phi) is 5.49. The number of aryl methyl sites for hydroxylation is 1. The summed E-state index contributed by atoms with van der Waals surface area (Å²) in [5.41, 5.74) is 1.63. The molecule has 0 saturated heterocycles. The van der Waals surface area contributed by atoms with Crippen LogP contribution in [0.1, 0.15) is 27.8 Å². The Morgan fingerprint density at radius 3 is 2.21 bits per heavy atom. The van der Waals surface area contributed by atoms with Gasteiger partial charge in [-0.1, -0.05) is 0 Å². The maximum atomic E-state index is 12.2. The molecule has 3 aromatic rings. The van der Waals surface area contributed by atoms with Gasteiger partial charge in [-0.05, 0) is 37.3 Å². The van der Waals surface area contributed by atoms with Gasteiger partial charge in [0.25, 0.3) is 11.8 Å². The topological polar surface area (TPSA) is 131 Å². The van der Waals surface area contributed by atoms with Crippen LogP contribution in [0.3, 0.4) is 0 Å². The second-order valence-electron chi connectivity index (χ2n) is 5.86. The molecule has 0 aliphatic carbocycles. The van der Waals surface area contributed by atoms with Crippen LogP contribution >= 0.6 is 0 Å². The van der Waals surface area contributed by atoms with Gasteiger partial charge in [-0.2, -0.15) is 10.2 Å². The quantitative estimate of drug-likeness (QED) is 0.570. The number of amides is 2. The number of benzene rings is 1. The largest absolute Gasteiger partial charge is 0.480 e. The number of hydrogen-bond donors (Lipinski definition) is 3. The highest BCUT2D eigenvalue weighted by Gasteiger charge is 2.12. The molecule has 2 aromatic heterocycles. The molecule has 1 aromatic carbocycles. The van der Waals surface area contributed by atoms with Crippen molar-refractivity contribution in [3.8, 4) is 0 Å². The number of nitrogens with zero attached hydrogens (tertiary/aromatic N) is 4. The lowest BCUT2D eigenvalue weighted by atomic mass is 10.2. The standard InChI is InChI=1S/C18H18N6O4/c1-2-23-8-7-15(22-23)18(28)21-14-5-3-13(4-6-14)20-17(27)12-9-19-24(10-12)11-16(25)26/h3-10H,2,11H2,1H3,(H,20,27)(H,21,28)(H,25,26). The van der Waals surface area contributed by atoms with Crippen molar-refractivity contribution in [2.75, 3.05) is 10.6 Å². The Balaban J connectivity index is 1.59. The summed E-state index contributed by atoms with van der Waals surface area (Å²) in [5.74, 6) is -1.79. The third kappa shape index (κ3) is 4.61. The van der Waals surface area contributed by atoms with Crippen molar-refractivity contribution in [1.29, 1.82) is 0 Å². The van der Waals surface area contributed by atoms with Crippen LogP contribution in [0.25, 0.3) is 0 Å². The molecule has 0 bridgehead atoms. The lowest BCUT2D eigenvalue weighted by Crippen LogP contribution is -2.14. The summed E-state index contributed by atoms with van der Waals surface area (Å²) in [5, 5.41) is 22.1. The predicted octanol–water partition coefficient (Wildman–Crippen LogP) is 1.69. The molecular formula is C18H18N6O4. The Labute approximate surface area is 159 Å². The van der Waals surface area contributed by atoms with Gasteiger partial charge in [-0.25, -0.2) is 0 Å². The lowest BCUT2D eigenvalue weighted by molar-refractivity contribution is -0.137. The Morgan fingerprint density at radius 2 is 1.64 bits per heavy atom. The van der Waals surface area contributed by atoms with Gasteiger partial charge < -0.3 is 15.7 Å². The Bertz CT molecular complexity index is 1010. The maximum Gasteiger partial charge on any atom is 0.325 e. The van der Waals surface area contributed by atoms with E-state index >= 15 is 0 Å². The number of anilines is 2. The van der Waals surface area contributed by atoms with Gasteiger partial charge in [0.15, 0.2) is 5.69 Å². The molecule has 0 aliphatic rings. The highest BCUT2D eigenvalue weighted by molar-refractivity contribution is 6.05. The van der Waals surface area contributed by atoms with Crippen LogP contribution in [-0.2, 0) is 17.9 Å². The highest BCUT2D eigenvalue weighted by Crippen LogP contribution is 2.15. The highest BCUT2D eigenvalue weighted by atomic mass is 16.4. The molecule has 144 valence electrons. The summed E-state index contributed by atoms with van der Waals surface area (Å²) in [6, 6.07) is 8.22. The van der Waals surface area contributed by atoms with Gasteiger partial charge in [-0.3, -0.25) is 23.7 Å². The van der Waals surface area contributed by atoms with E-state index in [-0.39, 0.29) is 18.0 Å². The minimum atomic E-state index is -1.05. The molecule has 0 radical (unpaired) electrons. The summed E-state index contributed by atoms with van der Waals surface area (Å²) >= 11 is 0. The molecule has 0 saturated carbocycles. The average molecular weight is 382 g/mol. The number of rotatable bonds is 7. The number of hydrogen-bond acceptors (Lipinski definition) is 5. The monoisotopic (exact) mass is 382 g/mol. The first-order chi connectivity index (χ1) is 13.4. The third-order valence-electron chi connectivity index (χ3n) is 3.79. The summed E-state index contributed by atoms with van der Waals surface area (Å²) < 4.78 is 2.82. The fourth-order valence-electron chi connectivity index (χ4n) is 2.40. The molecule has 2 amide bonds. The summed E-state index contributed by atoms with van der Waals surface area (Å²) in [6.45, 7) is 2.29. The second-order valence-corrected chi connectivity index (χ2v) is 5.86. The number of nitrogens with one attached hydrogen (secondary N) is 2. The van der Waals surface area contributed by atoms with Crippen molar-refractivity contribution in [2.24, 2.45) is 0 Å². The fourth-order valence-corrected chi connectivity index (χ4v) is 2.40. The van der Waals surface area contributed by atoms with Crippen LogP contribution in [0.15, 0.2) is 48.9 Å². The van der Waals surface area contributed by atoms with Crippen molar-refractivity contribution in [1.82, 2.24) is 19.6 Å². The predicted molar refractivity (Wildman–Crippen MR) is 100 cm³/mol. The van der Waals surface area contributed by atoms with Crippen LogP contribution in [0.5, 0.6) is 0 Å². The molecule has 0 atom stereocenters. The van der Waals surface area contributed by atoms with Crippen LogP contribution in [-0.4, -0.2) is 42.5 Å². The molecular weight excluding hydrogens is 364 g/mol. The first-order valence-electron chi connectivity index (χ1n) is 8.45. The number of aliphatic carboxylic acids is 1. The van der Waals surface area contributed by atoms with E-state index in [1.54, 1.807) is 41.2 Å². The molecule has 3 N–H and O–H groups in total. The van der Waals surface area contributed by atoms with E-state index in [1.165, 1.54) is 12.4 Å². The molecule has 10 heteroatoms. The number of carboxylic acids is 1. The van der Waals surface area contributed by atoms with E-state index in [1.807, 2.05) is 6.92 Å². The van der Waals surface area contributed by atoms with E-state index < -0.39 is 11.9 Å². The van der Waals surface area contributed by atoms with E-state index in [0.717, 1.165) is 4.68 Å². The fraction of sp³-hybridized carbons (Fsp3) is 0.167. The van der Waals surface area contributed by atoms with Gasteiger partial charge in [0, 0.05) is 30.3 Å². The number of carbonyl (C=O) groups excluding carboxylic acids is 2. The van der Waals surface area contributed by atoms with Crippen molar-refractivity contribution in [3.63, 3.8) is 0 Å². The zero-order chi connectivity index (χ0) is 20.1. The molecule has 0 spiro atoms. The van der Waals surface area contributed by atoms with Crippen LogP contribution in [0, 0.1) is 0 Å². The normalized spacial score (nSPS) is 10.5.